The lowest BCUT2D eigenvalue weighted by molar-refractivity contribution is -0.122. The van der Waals surface area contributed by atoms with Gasteiger partial charge in [-0.25, -0.2) is 0 Å². The van der Waals surface area contributed by atoms with Gasteiger partial charge in [0.05, 0.1) is 5.92 Å². The number of carbonyl (C=O) groups is 1. The van der Waals surface area contributed by atoms with Crippen molar-refractivity contribution in [2.45, 2.75) is 39.0 Å². The van der Waals surface area contributed by atoms with Gasteiger partial charge in [-0.05, 0) is 29.9 Å². The number of nitrogens with zero attached hydrogens (tertiary/aromatic N) is 1. The zero-order valence-corrected chi connectivity index (χ0v) is 12.1. The Kier molecular flexibility index (Phi) is 3.83. The third-order valence-corrected chi connectivity index (χ3v) is 3.88. The first kappa shape index (κ1) is 13.9. The van der Waals surface area contributed by atoms with Gasteiger partial charge >= 0.3 is 0 Å². The normalized spacial score (nSPS) is 20.4. The molecule has 1 aromatic carbocycles. The summed E-state index contributed by atoms with van der Waals surface area (Å²) in [5, 5.41) is 0. The summed E-state index contributed by atoms with van der Waals surface area (Å²) in [6.45, 7) is 8.43. The fourth-order valence-corrected chi connectivity index (χ4v) is 2.81. The van der Waals surface area contributed by atoms with Crippen molar-refractivity contribution in [2.24, 2.45) is 11.7 Å². The van der Waals surface area contributed by atoms with Crippen LogP contribution in [-0.4, -0.2) is 19.0 Å². The molecule has 1 saturated heterocycles. The molecule has 1 aliphatic rings. The Morgan fingerprint density at radius 1 is 1.32 bits per heavy atom. The molecule has 1 unspecified atom stereocenters. The predicted molar refractivity (Wildman–Crippen MR) is 79.3 cm³/mol. The Labute approximate surface area is 115 Å². The first-order chi connectivity index (χ1) is 8.89. The van der Waals surface area contributed by atoms with Crippen molar-refractivity contribution in [1.82, 2.24) is 0 Å². The molecule has 0 aliphatic carbocycles. The van der Waals surface area contributed by atoms with E-state index in [0.717, 1.165) is 25.9 Å². The number of rotatable bonds is 2. The molecule has 1 heterocycles. The highest BCUT2D eigenvalue weighted by Crippen LogP contribution is 2.33. The largest absolute Gasteiger partial charge is 0.370 e. The first-order valence-electron chi connectivity index (χ1n) is 7.03. The Hall–Kier alpha value is -1.51. The van der Waals surface area contributed by atoms with Gasteiger partial charge in [0.2, 0.25) is 5.91 Å². The van der Waals surface area contributed by atoms with Crippen molar-refractivity contribution in [3.8, 4) is 0 Å². The van der Waals surface area contributed by atoms with Crippen LogP contribution in [0.1, 0.15) is 39.2 Å². The van der Waals surface area contributed by atoms with E-state index in [2.05, 4.69) is 49.9 Å². The van der Waals surface area contributed by atoms with E-state index >= 15 is 0 Å². The maximum Gasteiger partial charge on any atom is 0.222 e. The molecule has 1 amide bonds. The van der Waals surface area contributed by atoms with Gasteiger partial charge in [0.15, 0.2) is 0 Å². The second-order valence-corrected chi connectivity index (χ2v) is 6.45. The van der Waals surface area contributed by atoms with E-state index in [4.69, 9.17) is 5.73 Å². The first-order valence-corrected chi connectivity index (χ1v) is 7.03. The zero-order valence-electron chi connectivity index (χ0n) is 12.1. The number of piperidine rings is 1. The van der Waals surface area contributed by atoms with Gasteiger partial charge in [-0.3, -0.25) is 4.79 Å². The van der Waals surface area contributed by atoms with Gasteiger partial charge in [-0.1, -0.05) is 39.0 Å². The van der Waals surface area contributed by atoms with Crippen molar-refractivity contribution in [2.75, 3.05) is 18.0 Å². The lowest BCUT2D eigenvalue weighted by Gasteiger charge is -2.36. The average Bonchev–Trinajstić information content (AvgIpc) is 2.38. The molecule has 0 bridgehead atoms. The maximum absolute atomic E-state index is 11.4. The second-order valence-electron chi connectivity index (χ2n) is 6.45. The summed E-state index contributed by atoms with van der Waals surface area (Å²) >= 11 is 0. The van der Waals surface area contributed by atoms with Gasteiger partial charge in [0.1, 0.15) is 0 Å². The molecule has 0 saturated carbocycles. The highest BCUT2D eigenvalue weighted by Gasteiger charge is 2.27. The minimum absolute atomic E-state index is 0.0122. The van der Waals surface area contributed by atoms with E-state index in [9.17, 15) is 4.79 Å². The van der Waals surface area contributed by atoms with Crippen molar-refractivity contribution >= 4 is 11.6 Å². The highest BCUT2D eigenvalue weighted by molar-refractivity contribution is 5.77. The van der Waals surface area contributed by atoms with Gasteiger partial charge < -0.3 is 10.6 Å². The van der Waals surface area contributed by atoms with Crippen molar-refractivity contribution in [3.63, 3.8) is 0 Å². The number of hydrogen-bond donors (Lipinski definition) is 1. The number of carbonyl (C=O) groups excluding carboxylic acids is 1. The van der Waals surface area contributed by atoms with E-state index in [-0.39, 0.29) is 17.2 Å². The molecule has 1 aliphatic heterocycles. The molecular formula is C16H24N2O. The molecule has 1 fully saturated rings. The van der Waals surface area contributed by atoms with E-state index < -0.39 is 0 Å². The predicted octanol–water partition coefficient (Wildman–Crippen LogP) is 2.69. The molecule has 1 aromatic rings. The molecule has 0 radical (unpaired) electrons. The summed E-state index contributed by atoms with van der Waals surface area (Å²) in [5.74, 6) is -0.181. The number of benzene rings is 1. The maximum atomic E-state index is 11.4. The van der Waals surface area contributed by atoms with Gasteiger partial charge in [-0.15, -0.1) is 0 Å². The van der Waals surface area contributed by atoms with E-state index in [1.807, 2.05) is 0 Å². The Morgan fingerprint density at radius 2 is 2.00 bits per heavy atom. The van der Waals surface area contributed by atoms with E-state index in [0.29, 0.717) is 0 Å². The molecule has 3 heteroatoms. The van der Waals surface area contributed by atoms with Crippen LogP contribution in [0.15, 0.2) is 24.3 Å². The monoisotopic (exact) mass is 260 g/mol. The zero-order chi connectivity index (χ0) is 14.0. The summed E-state index contributed by atoms with van der Waals surface area (Å²) in [4.78, 5) is 13.7. The summed E-state index contributed by atoms with van der Waals surface area (Å²) in [5.41, 5.74) is 8.16. The SMILES string of the molecule is CC(C)(C)c1ccccc1N1CCCC(C(N)=O)C1. The lowest BCUT2D eigenvalue weighted by atomic mass is 9.84. The van der Waals surface area contributed by atoms with Gasteiger partial charge in [0, 0.05) is 18.8 Å². The quantitative estimate of drug-likeness (QED) is 0.888. The number of nitrogens with two attached hydrogens (primary N) is 1. The van der Waals surface area contributed by atoms with E-state index in [1.54, 1.807) is 0 Å². The standard InChI is InChI=1S/C16H24N2O/c1-16(2,3)13-8-4-5-9-14(13)18-10-6-7-12(11-18)15(17)19/h4-5,8-9,12H,6-7,10-11H2,1-3H3,(H2,17,19). The number of primary amides is 1. The van der Waals surface area contributed by atoms with Crippen LogP contribution in [0.2, 0.25) is 0 Å². The molecule has 2 N–H and O–H groups in total. The van der Waals surface area contributed by atoms with Crippen LogP contribution >= 0.6 is 0 Å². The minimum Gasteiger partial charge on any atom is -0.370 e. The van der Waals surface area contributed by atoms with Crippen LogP contribution in [-0.2, 0) is 10.2 Å². The molecule has 3 nitrogen and oxygen atoms in total. The fourth-order valence-electron chi connectivity index (χ4n) is 2.81. The molecule has 0 aromatic heterocycles. The highest BCUT2D eigenvalue weighted by atomic mass is 16.1. The molecule has 104 valence electrons. The number of para-hydroxylation sites is 1. The number of hydrogen-bond acceptors (Lipinski definition) is 2. The van der Waals surface area contributed by atoms with E-state index in [1.165, 1.54) is 11.3 Å². The van der Waals surface area contributed by atoms with Crippen LogP contribution in [0.4, 0.5) is 5.69 Å². The molecular weight excluding hydrogens is 236 g/mol. The Balaban J connectivity index is 2.29. The summed E-state index contributed by atoms with van der Waals surface area (Å²) < 4.78 is 0. The summed E-state index contributed by atoms with van der Waals surface area (Å²) in [6, 6.07) is 8.49. The van der Waals surface area contributed by atoms with Crippen LogP contribution in [0.3, 0.4) is 0 Å². The van der Waals surface area contributed by atoms with Crippen LogP contribution in [0.5, 0.6) is 0 Å². The minimum atomic E-state index is -0.169. The summed E-state index contributed by atoms with van der Waals surface area (Å²) in [6.07, 6.45) is 1.95. The molecule has 0 spiro atoms. The third kappa shape index (κ3) is 3.09. The summed E-state index contributed by atoms with van der Waals surface area (Å²) in [7, 11) is 0. The number of amides is 1. The van der Waals surface area contributed by atoms with Crippen LogP contribution < -0.4 is 10.6 Å². The average molecular weight is 260 g/mol. The Bertz CT molecular complexity index is 462. The van der Waals surface area contributed by atoms with Crippen LogP contribution in [0, 0.1) is 5.92 Å². The van der Waals surface area contributed by atoms with Gasteiger partial charge in [0.25, 0.3) is 0 Å². The molecule has 19 heavy (non-hydrogen) atoms. The van der Waals surface area contributed by atoms with Crippen molar-refractivity contribution < 1.29 is 4.79 Å². The van der Waals surface area contributed by atoms with Crippen molar-refractivity contribution in [3.05, 3.63) is 29.8 Å². The van der Waals surface area contributed by atoms with Gasteiger partial charge in [-0.2, -0.15) is 0 Å². The van der Waals surface area contributed by atoms with Crippen molar-refractivity contribution in [1.29, 1.82) is 0 Å². The lowest BCUT2D eigenvalue weighted by Crippen LogP contribution is -2.42. The smallest absolute Gasteiger partial charge is 0.222 e. The molecule has 1 atom stereocenters. The fraction of sp³-hybridized carbons (Fsp3) is 0.562. The topological polar surface area (TPSA) is 46.3 Å². The Morgan fingerprint density at radius 3 is 2.63 bits per heavy atom. The molecule has 2 rings (SSSR count). The third-order valence-electron chi connectivity index (χ3n) is 3.88. The number of anilines is 1. The second kappa shape index (κ2) is 5.24. The van der Waals surface area contributed by atoms with Crippen LogP contribution in [0.25, 0.3) is 0 Å².